The van der Waals surface area contributed by atoms with E-state index >= 15 is 0 Å². The van der Waals surface area contributed by atoms with Gasteiger partial charge >= 0.3 is 0 Å². The standard InChI is InChI=1S/C31H41N7O/c1-23-13-14-24(31(2,3)4)21-26(23)33-29-27-28(32-22-36(27)5)34-30(35-29)38-18-16-37(17-19-38)15-9-10-20-39-25-11-7-6-8-12-25/h6-8,11-14,21-22H,9-10,15-20H2,1-5H3,(H,33,34,35). The van der Waals surface area contributed by atoms with Crippen molar-refractivity contribution < 1.29 is 4.74 Å². The maximum Gasteiger partial charge on any atom is 0.229 e. The highest BCUT2D eigenvalue weighted by molar-refractivity contribution is 5.87. The lowest BCUT2D eigenvalue weighted by atomic mass is 9.86. The highest BCUT2D eigenvalue weighted by atomic mass is 16.5. The Kier molecular flexibility index (Phi) is 8.02. The highest BCUT2D eigenvalue weighted by Crippen LogP contribution is 2.31. The summed E-state index contributed by atoms with van der Waals surface area (Å²) in [6, 6.07) is 16.7. The van der Waals surface area contributed by atoms with Gasteiger partial charge < -0.3 is 19.5 Å². The van der Waals surface area contributed by atoms with E-state index in [-0.39, 0.29) is 5.41 Å². The summed E-state index contributed by atoms with van der Waals surface area (Å²) in [6.07, 6.45) is 4.00. The van der Waals surface area contributed by atoms with Crippen LogP contribution >= 0.6 is 0 Å². The van der Waals surface area contributed by atoms with Gasteiger partial charge in [0.2, 0.25) is 5.95 Å². The highest BCUT2D eigenvalue weighted by Gasteiger charge is 2.22. The first-order valence-corrected chi connectivity index (χ1v) is 14.0. The number of aromatic nitrogens is 4. The molecule has 206 valence electrons. The number of benzene rings is 2. The summed E-state index contributed by atoms with van der Waals surface area (Å²) in [4.78, 5) is 19.3. The van der Waals surface area contributed by atoms with E-state index in [1.165, 1.54) is 11.1 Å². The summed E-state index contributed by atoms with van der Waals surface area (Å²) in [7, 11) is 1.99. The zero-order valence-electron chi connectivity index (χ0n) is 23.9. The molecule has 1 saturated heterocycles. The molecular weight excluding hydrogens is 486 g/mol. The molecule has 2 aromatic carbocycles. The van der Waals surface area contributed by atoms with Crippen LogP contribution < -0.4 is 15.0 Å². The smallest absolute Gasteiger partial charge is 0.229 e. The average molecular weight is 528 g/mol. The second-order valence-corrected chi connectivity index (χ2v) is 11.5. The molecule has 4 aromatic rings. The van der Waals surface area contributed by atoms with Crippen LogP contribution in [0.4, 0.5) is 17.5 Å². The molecule has 5 rings (SSSR count). The third-order valence-corrected chi connectivity index (χ3v) is 7.45. The summed E-state index contributed by atoms with van der Waals surface area (Å²) < 4.78 is 7.82. The second-order valence-electron chi connectivity index (χ2n) is 11.5. The number of piperazine rings is 1. The zero-order chi connectivity index (χ0) is 27.4. The quantitative estimate of drug-likeness (QED) is 0.280. The van der Waals surface area contributed by atoms with E-state index in [4.69, 9.17) is 14.7 Å². The van der Waals surface area contributed by atoms with Gasteiger partial charge in [-0.05, 0) is 61.1 Å². The van der Waals surface area contributed by atoms with Gasteiger partial charge in [-0.15, -0.1) is 0 Å². The molecular formula is C31H41N7O. The number of aryl methyl sites for hydroxylation is 2. The predicted molar refractivity (Wildman–Crippen MR) is 159 cm³/mol. The van der Waals surface area contributed by atoms with Gasteiger partial charge in [-0.25, -0.2) is 4.98 Å². The van der Waals surface area contributed by atoms with Gasteiger partial charge in [0, 0.05) is 38.9 Å². The third kappa shape index (κ3) is 6.50. The van der Waals surface area contributed by atoms with E-state index in [1.807, 2.05) is 48.3 Å². The van der Waals surface area contributed by atoms with Crippen LogP contribution in [-0.4, -0.2) is 63.7 Å². The lowest BCUT2D eigenvalue weighted by Gasteiger charge is -2.34. The number of ether oxygens (including phenoxy) is 1. The van der Waals surface area contributed by atoms with Gasteiger partial charge in [-0.3, -0.25) is 4.90 Å². The van der Waals surface area contributed by atoms with Gasteiger partial charge in [0.25, 0.3) is 0 Å². The number of imidazole rings is 1. The van der Waals surface area contributed by atoms with Gasteiger partial charge in [0.15, 0.2) is 11.5 Å². The first-order chi connectivity index (χ1) is 18.8. The molecule has 3 heterocycles. The van der Waals surface area contributed by atoms with Crippen molar-refractivity contribution in [1.82, 2.24) is 24.4 Å². The van der Waals surface area contributed by atoms with E-state index in [2.05, 4.69) is 66.0 Å². The SMILES string of the molecule is Cc1ccc(C(C)(C)C)cc1Nc1nc(N2CCN(CCCCOc3ccccc3)CC2)nc2ncn(C)c12. The largest absolute Gasteiger partial charge is 0.494 e. The summed E-state index contributed by atoms with van der Waals surface area (Å²) in [6.45, 7) is 14.5. The van der Waals surface area contributed by atoms with Crippen molar-refractivity contribution in [3.63, 3.8) is 0 Å². The minimum Gasteiger partial charge on any atom is -0.494 e. The van der Waals surface area contributed by atoms with Crippen molar-refractivity contribution >= 4 is 28.6 Å². The number of para-hydroxylation sites is 1. The summed E-state index contributed by atoms with van der Waals surface area (Å²) >= 11 is 0. The maximum absolute atomic E-state index is 5.83. The number of nitrogens with one attached hydrogen (secondary N) is 1. The number of rotatable bonds is 9. The van der Waals surface area contributed by atoms with Gasteiger partial charge in [0.05, 0.1) is 12.9 Å². The molecule has 0 saturated carbocycles. The molecule has 1 fully saturated rings. The zero-order valence-corrected chi connectivity index (χ0v) is 23.9. The number of hydrogen-bond donors (Lipinski definition) is 1. The molecule has 1 N–H and O–H groups in total. The molecule has 0 aliphatic carbocycles. The van der Waals surface area contributed by atoms with Crippen molar-refractivity contribution in [3.8, 4) is 5.75 Å². The summed E-state index contributed by atoms with van der Waals surface area (Å²) in [5, 5.41) is 3.63. The van der Waals surface area contributed by atoms with E-state index in [0.717, 1.165) is 86.5 Å². The number of unbranched alkanes of at least 4 members (excludes halogenated alkanes) is 1. The molecule has 0 radical (unpaired) electrons. The van der Waals surface area contributed by atoms with Crippen LogP contribution in [0.3, 0.4) is 0 Å². The first kappa shape index (κ1) is 26.9. The molecule has 8 nitrogen and oxygen atoms in total. The molecule has 1 aliphatic heterocycles. The van der Waals surface area contributed by atoms with E-state index in [0.29, 0.717) is 0 Å². The number of fused-ring (bicyclic) bond motifs is 1. The van der Waals surface area contributed by atoms with Gasteiger partial charge in [-0.2, -0.15) is 9.97 Å². The fraction of sp³-hybridized carbons (Fsp3) is 0.452. The lowest BCUT2D eigenvalue weighted by Crippen LogP contribution is -2.47. The topological polar surface area (TPSA) is 71.3 Å². The van der Waals surface area contributed by atoms with Crippen LogP contribution in [-0.2, 0) is 12.5 Å². The molecule has 2 aromatic heterocycles. The van der Waals surface area contributed by atoms with Crippen LogP contribution in [0, 0.1) is 6.92 Å². The molecule has 0 amide bonds. The van der Waals surface area contributed by atoms with Gasteiger partial charge in [-0.1, -0.05) is 51.1 Å². The number of nitrogens with zero attached hydrogens (tertiary/aromatic N) is 6. The average Bonchev–Trinajstić information content (AvgIpc) is 3.31. The van der Waals surface area contributed by atoms with Crippen LogP contribution in [0.15, 0.2) is 54.9 Å². The first-order valence-electron chi connectivity index (χ1n) is 14.0. The molecule has 0 unspecified atom stereocenters. The normalized spacial score (nSPS) is 14.6. The van der Waals surface area contributed by atoms with Crippen LogP contribution in [0.2, 0.25) is 0 Å². The van der Waals surface area contributed by atoms with Crippen molar-refractivity contribution in [2.45, 2.75) is 46.0 Å². The number of anilines is 3. The minimum atomic E-state index is 0.0669. The van der Waals surface area contributed by atoms with Crippen molar-refractivity contribution in [1.29, 1.82) is 0 Å². The Bertz CT molecular complexity index is 1390. The second kappa shape index (κ2) is 11.6. The predicted octanol–water partition coefficient (Wildman–Crippen LogP) is 5.69. The monoisotopic (exact) mass is 527 g/mol. The fourth-order valence-electron chi connectivity index (χ4n) is 4.94. The Morgan fingerprint density at radius 3 is 2.46 bits per heavy atom. The van der Waals surface area contributed by atoms with Crippen molar-refractivity contribution in [2.24, 2.45) is 7.05 Å². The van der Waals surface area contributed by atoms with Crippen LogP contribution in [0.5, 0.6) is 5.75 Å². The lowest BCUT2D eigenvalue weighted by molar-refractivity contribution is 0.238. The molecule has 0 bridgehead atoms. The van der Waals surface area contributed by atoms with E-state index in [9.17, 15) is 0 Å². The Balaban J connectivity index is 1.23. The molecule has 39 heavy (non-hydrogen) atoms. The Morgan fingerprint density at radius 2 is 1.72 bits per heavy atom. The maximum atomic E-state index is 5.83. The molecule has 0 atom stereocenters. The molecule has 0 spiro atoms. The fourth-order valence-corrected chi connectivity index (χ4v) is 4.94. The molecule has 8 heteroatoms. The van der Waals surface area contributed by atoms with Crippen LogP contribution in [0.1, 0.15) is 44.7 Å². The van der Waals surface area contributed by atoms with Crippen LogP contribution in [0.25, 0.3) is 11.2 Å². The molecule has 1 aliphatic rings. The van der Waals surface area contributed by atoms with Gasteiger partial charge in [0.1, 0.15) is 11.3 Å². The Morgan fingerprint density at radius 1 is 0.949 bits per heavy atom. The van der Waals surface area contributed by atoms with Crippen molar-refractivity contribution in [2.75, 3.05) is 49.5 Å². The van der Waals surface area contributed by atoms with Crippen molar-refractivity contribution in [3.05, 3.63) is 66.0 Å². The summed E-state index contributed by atoms with van der Waals surface area (Å²) in [5.74, 6) is 2.48. The Hall–Kier alpha value is -3.65. The summed E-state index contributed by atoms with van der Waals surface area (Å²) in [5.41, 5.74) is 5.23. The Labute approximate surface area is 232 Å². The number of hydrogen-bond acceptors (Lipinski definition) is 7. The minimum absolute atomic E-state index is 0.0669. The van der Waals surface area contributed by atoms with E-state index in [1.54, 1.807) is 0 Å². The third-order valence-electron chi connectivity index (χ3n) is 7.45. The van der Waals surface area contributed by atoms with E-state index < -0.39 is 0 Å².